The molecule has 3 N–H and O–H groups in total. The van der Waals surface area contributed by atoms with Gasteiger partial charge in [0.2, 0.25) is 11.9 Å². The molecular formula is C50H54N5O9PSi. The van der Waals surface area contributed by atoms with Gasteiger partial charge in [0, 0.05) is 28.0 Å². The predicted molar refractivity (Wildman–Crippen MR) is 256 cm³/mol. The van der Waals surface area contributed by atoms with E-state index >= 15 is 0 Å². The lowest BCUT2D eigenvalue weighted by atomic mass is 9.80. The van der Waals surface area contributed by atoms with Crippen LogP contribution in [0.2, 0.25) is 6.04 Å². The standard InChI is InChI=1S/C50H54N5O9PSi/c1-33(2)47(56)53-49-52-46-44(48(57)54-49)51-32-55(46)43-30-41(64-65(58,59)28-29-66-45(34-14-8-5-9-15-34)35-16-10-6-11-17-35)42(63-43)31-62-50(36-18-12-7-13-19-36,37-20-24-39(60-3)25-21-37)38-22-26-40(61-4)27-23-38/h5-27,32-33,41-43,45H,28-31,66H2,1-4H3,(H,58,59)(H2,52,53,54,56,57)/t41-,42+,43+/m0/s1. The molecule has 342 valence electrons. The van der Waals surface area contributed by atoms with E-state index in [1.807, 2.05) is 115 Å². The van der Waals surface area contributed by atoms with E-state index in [0.29, 0.717) is 17.5 Å². The molecule has 14 nitrogen and oxygen atoms in total. The normalized spacial score (nSPS) is 17.4. The van der Waals surface area contributed by atoms with Gasteiger partial charge >= 0.3 is 7.60 Å². The van der Waals surface area contributed by atoms with Crippen LogP contribution in [-0.4, -0.2) is 79.0 Å². The fourth-order valence-corrected chi connectivity index (χ4v) is 13.2. The third kappa shape index (κ3) is 10.3. The first kappa shape index (κ1) is 46.3. The first-order valence-electron chi connectivity index (χ1n) is 22.0. The number of amides is 1. The summed E-state index contributed by atoms with van der Waals surface area (Å²) in [7, 11) is -2.00. The van der Waals surface area contributed by atoms with Gasteiger partial charge in [-0.2, -0.15) is 4.98 Å². The maximum Gasteiger partial charge on any atom is 0.328 e. The molecule has 1 fully saturated rings. The van der Waals surface area contributed by atoms with Gasteiger partial charge in [-0.15, -0.1) is 0 Å². The van der Waals surface area contributed by atoms with Gasteiger partial charge in [0.1, 0.15) is 29.4 Å². The van der Waals surface area contributed by atoms with Crippen molar-refractivity contribution < 1.29 is 37.7 Å². The predicted octanol–water partition coefficient (Wildman–Crippen LogP) is 7.97. The Morgan fingerprint density at radius 3 is 1.95 bits per heavy atom. The van der Waals surface area contributed by atoms with Gasteiger partial charge in [0.05, 0.1) is 33.3 Å². The quantitative estimate of drug-likeness (QED) is 0.0408. The van der Waals surface area contributed by atoms with Crippen LogP contribution in [0.15, 0.2) is 151 Å². The number of carbonyl (C=O) groups excluding carboxylic acids is 1. The number of anilines is 1. The van der Waals surface area contributed by atoms with Crippen LogP contribution in [0.5, 0.6) is 11.5 Å². The van der Waals surface area contributed by atoms with E-state index in [-0.39, 0.29) is 53.7 Å². The zero-order valence-electron chi connectivity index (χ0n) is 37.3. The van der Waals surface area contributed by atoms with Crippen LogP contribution >= 0.6 is 7.60 Å². The maximum absolute atomic E-state index is 14.3. The van der Waals surface area contributed by atoms with Crippen molar-refractivity contribution in [1.82, 2.24) is 19.5 Å². The molecule has 0 saturated carbocycles. The van der Waals surface area contributed by atoms with Crippen molar-refractivity contribution in [2.24, 2.45) is 5.92 Å². The average molecular weight is 928 g/mol. The number of H-pyrrole nitrogens is 1. The Labute approximate surface area is 385 Å². The fraction of sp³-hybridized carbons (Fsp3) is 0.280. The molecule has 5 aromatic carbocycles. The molecule has 0 radical (unpaired) electrons. The third-order valence-electron chi connectivity index (χ3n) is 12.0. The van der Waals surface area contributed by atoms with Gasteiger partial charge in [-0.3, -0.25) is 29.0 Å². The topological polar surface area (TPSA) is 176 Å². The largest absolute Gasteiger partial charge is 0.497 e. The molecule has 4 atom stereocenters. The summed E-state index contributed by atoms with van der Waals surface area (Å²) in [4.78, 5) is 49.1. The van der Waals surface area contributed by atoms with Crippen LogP contribution in [0.25, 0.3) is 11.2 Å². The summed E-state index contributed by atoms with van der Waals surface area (Å²) in [6.45, 7) is 3.35. The first-order chi connectivity index (χ1) is 32.0. The summed E-state index contributed by atoms with van der Waals surface area (Å²) >= 11 is 0. The van der Waals surface area contributed by atoms with Crippen molar-refractivity contribution >= 4 is 40.1 Å². The monoisotopic (exact) mass is 927 g/mol. The van der Waals surface area contributed by atoms with Gasteiger partial charge in [-0.1, -0.05) is 135 Å². The van der Waals surface area contributed by atoms with Gasteiger partial charge in [-0.05, 0) is 57.6 Å². The van der Waals surface area contributed by atoms with E-state index in [1.54, 1.807) is 32.6 Å². The molecule has 16 heteroatoms. The number of hydrogen-bond acceptors (Lipinski definition) is 10. The number of aromatic amines is 1. The molecule has 66 heavy (non-hydrogen) atoms. The Bertz CT molecular complexity index is 2730. The Balaban J connectivity index is 1.14. The maximum atomic E-state index is 14.3. The van der Waals surface area contributed by atoms with E-state index in [2.05, 4.69) is 44.5 Å². The summed E-state index contributed by atoms with van der Waals surface area (Å²) in [5, 5.41) is 2.66. The second-order valence-electron chi connectivity index (χ2n) is 16.6. The number of hydrogen-bond donors (Lipinski definition) is 3. The van der Waals surface area contributed by atoms with E-state index in [0.717, 1.165) is 16.7 Å². The molecule has 1 aliphatic rings. The van der Waals surface area contributed by atoms with Gasteiger partial charge < -0.3 is 28.4 Å². The minimum absolute atomic E-state index is 0.0320. The van der Waals surface area contributed by atoms with Crippen molar-refractivity contribution in [3.05, 3.63) is 184 Å². The number of fused-ring (bicyclic) bond motifs is 1. The van der Waals surface area contributed by atoms with Crippen LogP contribution < -0.4 is 20.3 Å². The zero-order chi connectivity index (χ0) is 46.3. The van der Waals surface area contributed by atoms with Crippen LogP contribution in [0.4, 0.5) is 5.95 Å². The summed E-state index contributed by atoms with van der Waals surface area (Å²) in [6.07, 6.45) is -1.24. The molecule has 7 aromatic rings. The smallest absolute Gasteiger partial charge is 0.328 e. The van der Waals surface area contributed by atoms with Crippen LogP contribution in [0, 0.1) is 5.92 Å². The Kier molecular flexibility index (Phi) is 14.4. The lowest BCUT2D eigenvalue weighted by molar-refractivity contribution is -0.118. The highest BCUT2D eigenvalue weighted by Crippen LogP contribution is 2.49. The van der Waals surface area contributed by atoms with Gasteiger partial charge in [-0.25, -0.2) is 4.98 Å². The number of carbonyl (C=O) groups is 1. The highest BCUT2D eigenvalue weighted by Gasteiger charge is 2.45. The molecule has 8 rings (SSSR count). The Morgan fingerprint density at radius 1 is 0.864 bits per heavy atom. The van der Waals surface area contributed by atoms with Crippen molar-refractivity contribution in [3.63, 3.8) is 0 Å². The van der Waals surface area contributed by atoms with Crippen molar-refractivity contribution in [1.29, 1.82) is 0 Å². The minimum atomic E-state index is -4.24. The number of nitrogens with zero attached hydrogens (tertiary/aromatic N) is 3. The second-order valence-corrected chi connectivity index (χ2v) is 20.6. The number of aromatic nitrogens is 4. The number of imidazole rings is 1. The van der Waals surface area contributed by atoms with Crippen LogP contribution in [0.3, 0.4) is 0 Å². The van der Waals surface area contributed by atoms with Crippen molar-refractivity contribution in [2.75, 3.05) is 32.3 Å². The van der Waals surface area contributed by atoms with E-state index in [1.165, 1.54) is 17.5 Å². The zero-order valence-corrected chi connectivity index (χ0v) is 39.6. The molecular weight excluding hydrogens is 874 g/mol. The Hall–Kier alpha value is -6.19. The molecule has 0 spiro atoms. The van der Waals surface area contributed by atoms with E-state index in [9.17, 15) is 19.0 Å². The number of benzene rings is 5. The molecule has 1 unspecified atom stereocenters. The highest BCUT2D eigenvalue weighted by molar-refractivity contribution is 7.52. The molecule has 1 aliphatic heterocycles. The van der Waals surface area contributed by atoms with Crippen molar-refractivity contribution in [3.8, 4) is 11.5 Å². The number of ether oxygens (including phenoxy) is 4. The number of methoxy groups -OCH3 is 2. The van der Waals surface area contributed by atoms with Gasteiger partial charge in [0.15, 0.2) is 11.2 Å². The summed E-state index contributed by atoms with van der Waals surface area (Å²) in [6, 6.07) is 46.1. The van der Waals surface area contributed by atoms with Crippen LogP contribution in [0.1, 0.15) is 59.9 Å². The molecule has 1 saturated heterocycles. The summed E-state index contributed by atoms with van der Waals surface area (Å²) < 4.78 is 47.3. The Morgan fingerprint density at radius 2 is 1.41 bits per heavy atom. The molecule has 2 aromatic heterocycles. The van der Waals surface area contributed by atoms with Gasteiger partial charge in [0.25, 0.3) is 5.56 Å². The summed E-state index contributed by atoms with van der Waals surface area (Å²) in [5.74, 6) is 0.587. The van der Waals surface area contributed by atoms with E-state index < -0.39 is 46.7 Å². The van der Waals surface area contributed by atoms with Crippen LogP contribution in [-0.2, 0) is 29.0 Å². The lowest BCUT2D eigenvalue weighted by Gasteiger charge is -2.37. The average Bonchev–Trinajstić information content (AvgIpc) is 3.95. The van der Waals surface area contributed by atoms with Crippen molar-refractivity contribution in [2.45, 2.75) is 55.9 Å². The first-order valence-corrected chi connectivity index (χ1v) is 25.6. The summed E-state index contributed by atoms with van der Waals surface area (Å²) in [5.41, 5.74) is 3.30. The molecule has 3 heterocycles. The number of nitrogens with one attached hydrogen (secondary N) is 2. The molecule has 1 amide bonds. The second kappa shape index (κ2) is 20.5. The number of rotatable bonds is 19. The highest BCUT2D eigenvalue weighted by atomic mass is 31.2. The molecule has 0 aliphatic carbocycles. The SMILES string of the molecule is COc1ccc(C(OC[C@H]2O[C@@H](n3cnc4c(=O)[nH]c(NC(=O)C(C)C)nc43)C[C@@H]2OP(=O)(O)CC[SiH2]C(c2ccccc2)c2ccccc2)(c2ccccc2)c2ccc(OC)cc2)cc1. The minimum Gasteiger partial charge on any atom is -0.497 e. The lowest BCUT2D eigenvalue weighted by Crippen LogP contribution is -2.38. The molecule has 0 bridgehead atoms. The third-order valence-corrected chi connectivity index (χ3v) is 16.3. The fourth-order valence-electron chi connectivity index (χ4n) is 8.53. The van der Waals surface area contributed by atoms with E-state index in [4.69, 9.17) is 23.5 Å².